The maximum absolute atomic E-state index is 16.0. The Labute approximate surface area is 213 Å². The van der Waals surface area contributed by atoms with Crippen molar-refractivity contribution in [3.05, 3.63) is 53.8 Å². The van der Waals surface area contributed by atoms with Crippen molar-refractivity contribution in [2.24, 2.45) is 0 Å². The van der Waals surface area contributed by atoms with E-state index >= 15 is 4.39 Å². The van der Waals surface area contributed by atoms with Crippen molar-refractivity contribution in [1.82, 2.24) is 19.9 Å². The molecule has 1 amide bonds. The van der Waals surface area contributed by atoms with E-state index in [1.165, 1.54) is 24.5 Å². The quantitative estimate of drug-likeness (QED) is 0.389. The highest BCUT2D eigenvalue weighted by atomic mass is 35.5. The number of anilines is 2. The molecule has 4 aromatic rings. The van der Waals surface area contributed by atoms with E-state index < -0.39 is 11.6 Å². The number of hydrogen-bond acceptors (Lipinski definition) is 8. The van der Waals surface area contributed by atoms with Gasteiger partial charge in [-0.05, 0) is 24.3 Å². The Morgan fingerprint density at radius 3 is 2.89 bits per heavy atom. The fraction of sp³-hybridized carbons (Fsp3) is 0.208. The predicted octanol–water partition coefficient (Wildman–Crippen LogP) is 4.54. The normalized spacial score (nSPS) is 15.9. The molecule has 1 aliphatic rings. The average molecular weight is 526 g/mol. The predicted molar refractivity (Wildman–Crippen MR) is 136 cm³/mol. The fourth-order valence-corrected chi connectivity index (χ4v) is 5.60. The molecule has 0 unspecified atom stereocenters. The summed E-state index contributed by atoms with van der Waals surface area (Å²) in [4.78, 5) is 28.4. The maximum atomic E-state index is 16.0. The lowest BCUT2D eigenvalue weighted by atomic mass is 10.0. The molecule has 0 spiro atoms. The number of amides is 1. The molecule has 8 nitrogen and oxygen atoms in total. The number of piperazine rings is 1. The maximum Gasteiger partial charge on any atom is 0.246 e. The summed E-state index contributed by atoms with van der Waals surface area (Å²) >= 11 is 7.56. The van der Waals surface area contributed by atoms with Crippen LogP contribution >= 0.6 is 22.9 Å². The third kappa shape index (κ3) is 3.88. The number of hydrogen-bond donors (Lipinski definition) is 1. The summed E-state index contributed by atoms with van der Waals surface area (Å²) < 4.78 is 30.5. The molecule has 1 saturated heterocycles. The number of fused-ring (bicyclic) bond motifs is 2. The van der Waals surface area contributed by atoms with Gasteiger partial charge in [0.2, 0.25) is 5.91 Å². The first-order valence-corrected chi connectivity index (χ1v) is 12.1. The van der Waals surface area contributed by atoms with Crippen molar-refractivity contribution in [1.29, 1.82) is 5.26 Å². The van der Waals surface area contributed by atoms with Crippen molar-refractivity contribution < 1.29 is 13.6 Å². The molecule has 0 radical (unpaired) electrons. The molecular weight excluding hydrogens is 508 g/mol. The monoisotopic (exact) mass is 525 g/mol. The van der Waals surface area contributed by atoms with Gasteiger partial charge in [-0.15, -0.1) is 0 Å². The number of benzene rings is 2. The zero-order valence-corrected chi connectivity index (χ0v) is 20.3. The lowest BCUT2D eigenvalue weighted by Crippen LogP contribution is -2.55. The van der Waals surface area contributed by atoms with Crippen LogP contribution in [0.3, 0.4) is 0 Å². The summed E-state index contributed by atoms with van der Waals surface area (Å²) in [5.41, 5.74) is 6.37. The topological polar surface area (TPSA) is 112 Å². The van der Waals surface area contributed by atoms with Gasteiger partial charge in [0.25, 0.3) is 0 Å². The average Bonchev–Trinajstić information content (AvgIpc) is 3.27. The summed E-state index contributed by atoms with van der Waals surface area (Å²) in [6.07, 6.45) is 2.59. The van der Waals surface area contributed by atoms with Crippen LogP contribution in [-0.4, -0.2) is 51.4 Å². The van der Waals surface area contributed by atoms with E-state index in [2.05, 4.69) is 27.6 Å². The Kier molecular flexibility index (Phi) is 6.15. The molecule has 1 atom stereocenters. The molecule has 1 aliphatic heterocycles. The van der Waals surface area contributed by atoms with Crippen LogP contribution in [0.4, 0.5) is 19.7 Å². The third-order valence-electron chi connectivity index (χ3n) is 6.15. The van der Waals surface area contributed by atoms with E-state index in [9.17, 15) is 14.4 Å². The minimum atomic E-state index is -0.699. The first kappa shape index (κ1) is 23.8. The van der Waals surface area contributed by atoms with Gasteiger partial charge in [0.15, 0.2) is 10.9 Å². The van der Waals surface area contributed by atoms with Gasteiger partial charge in [0.05, 0.1) is 33.8 Å². The van der Waals surface area contributed by atoms with E-state index in [4.69, 9.17) is 17.3 Å². The Morgan fingerprint density at radius 2 is 2.14 bits per heavy atom. The fourth-order valence-electron chi connectivity index (χ4n) is 4.54. The molecule has 2 aromatic carbocycles. The minimum absolute atomic E-state index is 0.0292. The summed E-state index contributed by atoms with van der Waals surface area (Å²) in [5, 5.41) is 9.86. The summed E-state index contributed by atoms with van der Waals surface area (Å²) in [5.74, 6) is -1.03. The van der Waals surface area contributed by atoms with E-state index in [-0.39, 0.29) is 49.8 Å². The zero-order valence-electron chi connectivity index (χ0n) is 18.7. The van der Waals surface area contributed by atoms with E-state index in [1.54, 1.807) is 11.0 Å². The Bertz CT molecular complexity index is 1580. The number of rotatable bonds is 4. The van der Waals surface area contributed by atoms with Gasteiger partial charge in [0, 0.05) is 36.1 Å². The number of nitrogens with zero attached hydrogens (tertiary/aromatic N) is 6. The van der Waals surface area contributed by atoms with Gasteiger partial charge >= 0.3 is 0 Å². The molecular formula is C24H18ClF2N7OS. The first-order valence-electron chi connectivity index (χ1n) is 10.9. The Hall–Kier alpha value is -3.88. The van der Waals surface area contributed by atoms with Crippen LogP contribution < -0.4 is 10.6 Å². The number of halogens is 3. The van der Waals surface area contributed by atoms with E-state index in [0.717, 1.165) is 11.3 Å². The molecule has 12 heteroatoms. The number of thiazole rings is 1. The summed E-state index contributed by atoms with van der Waals surface area (Å²) in [7, 11) is 0. The van der Waals surface area contributed by atoms with Gasteiger partial charge in [-0.3, -0.25) is 4.79 Å². The minimum Gasteiger partial charge on any atom is -0.375 e. The molecule has 0 saturated carbocycles. The summed E-state index contributed by atoms with van der Waals surface area (Å²) in [6, 6.07) is 5.92. The number of aromatic nitrogens is 3. The number of carbonyl (C=O) groups is 1. The number of nitriles is 1. The zero-order chi connectivity index (χ0) is 25.6. The highest BCUT2D eigenvalue weighted by Gasteiger charge is 2.31. The second kappa shape index (κ2) is 9.29. The van der Waals surface area contributed by atoms with Crippen molar-refractivity contribution in [2.75, 3.05) is 30.3 Å². The number of nitrogens with two attached hydrogens (primary N) is 1. The van der Waals surface area contributed by atoms with Crippen LogP contribution in [0.2, 0.25) is 5.02 Å². The van der Waals surface area contributed by atoms with Crippen molar-refractivity contribution in [2.45, 2.75) is 12.5 Å². The van der Waals surface area contributed by atoms with Crippen LogP contribution in [-0.2, 0) is 4.79 Å². The van der Waals surface area contributed by atoms with Crippen molar-refractivity contribution >= 4 is 60.9 Å². The first-order chi connectivity index (χ1) is 17.3. The number of nitrogen functional groups attached to an aromatic ring is 1. The molecule has 0 bridgehead atoms. The van der Waals surface area contributed by atoms with Gasteiger partial charge < -0.3 is 15.5 Å². The molecule has 0 aliphatic carbocycles. The van der Waals surface area contributed by atoms with Gasteiger partial charge in [-0.2, -0.15) is 5.26 Å². The van der Waals surface area contributed by atoms with Gasteiger partial charge in [-0.25, -0.2) is 23.7 Å². The van der Waals surface area contributed by atoms with Gasteiger partial charge in [-0.1, -0.05) is 29.5 Å². The SMILES string of the molecule is C=CC(=O)N1CCN(c2ncnc3c(F)c(-c4ccc(F)c5sc(N)nc45)c(Cl)cc23)C[C@@H]1CC#N. The molecule has 2 N–H and O–H groups in total. The van der Waals surface area contributed by atoms with E-state index in [1.807, 2.05) is 4.90 Å². The van der Waals surface area contributed by atoms with Crippen molar-refractivity contribution in [3.8, 4) is 17.2 Å². The van der Waals surface area contributed by atoms with Gasteiger partial charge in [0.1, 0.15) is 23.5 Å². The standard InChI is InChI=1S/C24H18ClF2N7OS/c1-2-17(35)34-8-7-33(10-12(34)5-6-28)23-14-9-15(25)18(19(27)20(14)30-11-31-23)13-3-4-16(26)22-21(13)32-24(29)36-22/h2-4,9,11-12H,1,5,7-8,10H2,(H2,29,32)/t12-/m0/s1. The second-order valence-corrected chi connectivity index (χ2v) is 9.60. The van der Waals surface area contributed by atoms with E-state index in [0.29, 0.717) is 36.4 Å². The van der Waals surface area contributed by atoms with Crippen LogP contribution in [0.15, 0.2) is 37.2 Å². The molecule has 182 valence electrons. The van der Waals surface area contributed by atoms with Crippen LogP contribution in [0.5, 0.6) is 0 Å². The second-order valence-electron chi connectivity index (χ2n) is 8.16. The molecule has 5 rings (SSSR count). The van der Waals surface area contributed by atoms with Crippen LogP contribution in [0.25, 0.3) is 32.2 Å². The number of carbonyl (C=O) groups excluding carboxylic acids is 1. The molecule has 3 heterocycles. The molecule has 2 aromatic heterocycles. The van der Waals surface area contributed by atoms with Crippen molar-refractivity contribution in [3.63, 3.8) is 0 Å². The largest absolute Gasteiger partial charge is 0.375 e. The summed E-state index contributed by atoms with van der Waals surface area (Å²) in [6.45, 7) is 4.60. The van der Waals surface area contributed by atoms with Crippen LogP contribution in [0, 0.1) is 23.0 Å². The molecule has 1 fully saturated rings. The third-order valence-corrected chi connectivity index (χ3v) is 7.34. The lowest BCUT2D eigenvalue weighted by molar-refractivity contribution is -0.128. The smallest absolute Gasteiger partial charge is 0.246 e. The highest BCUT2D eigenvalue weighted by Crippen LogP contribution is 2.42. The van der Waals surface area contributed by atoms with Crippen LogP contribution in [0.1, 0.15) is 6.42 Å². The lowest BCUT2D eigenvalue weighted by Gasteiger charge is -2.41. The molecule has 36 heavy (non-hydrogen) atoms. The Balaban J connectivity index is 1.61. The highest BCUT2D eigenvalue weighted by molar-refractivity contribution is 7.22. The Morgan fingerprint density at radius 1 is 1.33 bits per heavy atom.